The summed E-state index contributed by atoms with van der Waals surface area (Å²) in [6, 6.07) is 7.17. The van der Waals surface area contributed by atoms with E-state index in [0.29, 0.717) is 11.5 Å². The molecule has 0 atom stereocenters. The van der Waals surface area contributed by atoms with Gasteiger partial charge in [-0.05, 0) is 44.0 Å². The van der Waals surface area contributed by atoms with E-state index in [2.05, 4.69) is 4.98 Å². The van der Waals surface area contributed by atoms with Crippen LogP contribution in [0.15, 0.2) is 30.5 Å². The number of benzene rings is 1. The molecule has 0 radical (unpaired) electrons. The highest BCUT2D eigenvalue weighted by Crippen LogP contribution is 2.32. The van der Waals surface area contributed by atoms with Crippen molar-refractivity contribution in [2.75, 3.05) is 11.4 Å². The zero-order chi connectivity index (χ0) is 15.6. The zero-order valence-corrected chi connectivity index (χ0v) is 13.2. The molecule has 2 aromatic rings. The monoisotopic (exact) mass is 301 g/mol. The van der Waals surface area contributed by atoms with Crippen LogP contribution >= 0.6 is 12.2 Å². The second-order valence-electron chi connectivity index (χ2n) is 4.91. The van der Waals surface area contributed by atoms with E-state index in [1.807, 2.05) is 37.8 Å². The number of nitrogens with zero attached hydrogens (tertiary/aromatic N) is 2. The average Bonchev–Trinajstić information content (AvgIpc) is 2.43. The van der Waals surface area contributed by atoms with Gasteiger partial charge in [-0.3, -0.25) is 0 Å². The lowest BCUT2D eigenvalue weighted by atomic mass is 10.1. The summed E-state index contributed by atoms with van der Waals surface area (Å²) < 4.78 is 0. The summed E-state index contributed by atoms with van der Waals surface area (Å²) in [6.45, 7) is 6.67. The van der Waals surface area contributed by atoms with Gasteiger partial charge in [0.15, 0.2) is 0 Å². The van der Waals surface area contributed by atoms with E-state index in [0.717, 1.165) is 28.2 Å². The van der Waals surface area contributed by atoms with E-state index in [4.69, 9.17) is 18.0 Å². The number of hydrogen-bond donors (Lipinski definition) is 2. The van der Waals surface area contributed by atoms with Crippen LogP contribution in [0.5, 0.6) is 5.75 Å². The normalized spacial score (nSPS) is 10.4. The molecule has 5 heteroatoms. The Kier molecular flexibility index (Phi) is 4.43. The number of nitrogens with two attached hydrogens (primary N) is 1. The van der Waals surface area contributed by atoms with E-state index >= 15 is 0 Å². The lowest BCUT2D eigenvalue weighted by Crippen LogP contribution is -2.24. The number of aromatic nitrogens is 1. The summed E-state index contributed by atoms with van der Waals surface area (Å²) in [5, 5.41) is 9.76. The molecule has 0 unspecified atom stereocenters. The van der Waals surface area contributed by atoms with E-state index in [1.54, 1.807) is 18.3 Å². The van der Waals surface area contributed by atoms with E-state index in [1.165, 1.54) is 0 Å². The highest BCUT2D eigenvalue weighted by atomic mass is 32.1. The maximum absolute atomic E-state index is 9.76. The van der Waals surface area contributed by atoms with Crippen LogP contribution < -0.4 is 10.6 Å². The third kappa shape index (κ3) is 2.97. The fourth-order valence-corrected chi connectivity index (χ4v) is 2.63. The first kappa shape index (κ1) is 15.3. The molecular weight excluding hydrogens is 282 g/mol. The van der Waals surface area contributed by atoms with Crippen molar-refractivity contribution in [3.8, 4) is 5.75 Å². The van der Waals surface area contributed by atoms with Crippen molar-refractivity contribution in [1.29, 1.82) is 0 Å². The summed E-state index contributed by atoms with van der Waals surface area (Å²) in [5.74, 6) is 0.942. The summed E-state index contributed by atoms with van der Waals surface area (Å²) in [7, 11) is 0. The van der Waals surface area contributed by atoms with Crippen LogP contribution in [0.3, 0.4) is 0 Å². The van der Waals surface area contributed by atoms with Crippen LogP contribution in [0.25, 0.3) is 0 Å². The van der Waals surface area contributed by atoms with Crippen molar-refractivity contribution in [3.63, 3.8) is 0 Å². The van der Waals surface area contributed by atoms with Gasteiger partial charge < -0.3 is 15.7 Å². The smallest absolute Gasteiger partial charge is 0.143 e. The van der Waals surface area contributed by atoms with Gasteiger partial charge in [-0.1, -0.05) is 18.3 Å². The van der Waals surface area contributed by atoms with Crippen molar-refractivity contribution in [1.82, 2.24) is 4.98 Å². The molecule has 0 fully saturated rings. The number of phenols is 1. The van der Waals surface area contributed by atoms with Crippen LogP contribution in [0, 0.1) is 13.8 Å². The Labute approximate surface area is 130 Å². The second kappa shape index (κ2) is 6.10. The maximum atomic E-state index is 9.76. The molecule has 0 saturated carbocycles. The second-order valence-corrected chi connectivity index (χ2v) is 5.35. The number of aromatic hydroxyl groups is 1. The molecule has 0 aliphatic rings. The van der Waals surface area contributed by atoms with Gasteiger partial charge >= 0.3 is 0 Å². The highest BCUT2D eigenvalue weighted by molar-refractivity contribution is 7.80. The first-order valence-electron chi connectivity index (χ1n) is 6.78. The third-order valence-corrected chi connectivity index (χ3v) is 3.65. The Balaban J connectivity index is 2.65. The summed E-state index contributed by atoms with van der Waals surface area (Å²) >= 11 is 5.17. The number of aryl methyl sites for hydroxylation is 2. The van der Waals surface area contributed by atoms with Gasteiger partial charge in [0, 0.05) is 24.5 Å². The van der Waals surface area contributed by atoms with Gasteiger partial charge in [0.1, 0.15) is 16.6 Å². The van der Waals surface area contributed by atoms with Crippen molar-refractivity contribution < 1.29 is 5.11 Å². The van der Waals surface area contributed by atoms with Crippen molar-refractivity contribution in [2.24, 2.45) is 5.73 Å². The zero-order valence-electron chi connectivity index (χ0n) is 12.4. The summed E-state index contributed by atoms with van der Waals surface area (Å²) in [5.41, 5.74) is 9.58. The molecule has 0 saturated heterocycles. The minimum atomic E-state index is 0.221. The molecule has 0 spiro atoms. The van der Waals surface area contributed by atoms with Crippen LogP contribution in [0.4, 0.5) is 11.5 Å². The fourth-order valence-electron chi connectivity index (χ4n) is 2.38. The molecule has 2 rings (SSSR count). The van der Waals surface area contributed by atoms with Crippen molar-refractivity contribution in [3.05, 3.63) is 47.2 Å². The number of thiocarbonyl (C=S) groups is 1. The summed E-state index contributed by atoms with van der Waals surface area (Å²) in [4.78, 5) is 6.79. The molecule has 21 heavy (non-hydrogen) atoms. The lowest BCUT2D eigenvalue weighted by Gasteiger charge is -2.26. The van der Waals surface area contributed by atoms with E-state index in [9.17, 15) is 5.11 Å². The van der Waals surface area contributed by atoms with Crippen LogP contribution in [-0.2, 0) is 0 Å². The van der Waals surface area contributed by atoms with E-state index in [-0.39, 0.29) is 5.75 Å². The first-order chi connectivity index (χ1) is 9.95. The predicted molar refractivity (Wildman–Crippen MR) is 90.4 cm³/mol. The molecule has 0 aliphatic heterocycles. The minimum absolute atomic E-state index is 0.221. The minimum Gasteiger partial charge on any atom is -0.508 e. The molecule has 1 aromatic carbocycles. The van der Waals surface area contributed by atoms with Gasteiger partial charge in [-0.15, -0.1) is 0 Å². The molecule has 1 aromatic heterocycles. The van der Waals surface area contributed by atoms with Gasteiger partial charge in [0.2, 0.25) is 0 Å². The molecule has 4 nitrogen and oxygen atoms in total. The molecule has 3 N–H and O–H groups in total. The summed E-state index contributed by atoms with van der Waals surface area (Å²) in [6.07, 6.45) is 1.74. The molecule has 0 bridgehead atoms. The van der Waals surface area contributed by atoms with Gasteiger partial charge in [0.05, 0.1) is 5.56 Å². The van der Waals surface area contributed by atoms with Crippen LogP contribution in [-0.4, -0.2) is 21.6 Å². The standard InChI is InChI=1S/C16H19N3OS/c1-4-19(13-9-12(20)6-5-10(13)2)16-14(15(17)21)11(3)7-8-18-16/h5-9,20H,4H2,1-3H3,(H2,17,21). The molecular formula is C16H19N3OS. The Morgan fingerprint density at radius 2 is 2.00 bits per heavy atom. The Morgan fingerprint density at radius 1 is 1.29 bits per heavy atom. The maximum Gasteiger partial charge on any atom is 0.143 e. The number of pyridine rings is 1. The fraction of sp³-hybridized carbons (Fsp3) is 0.250. The topological polar surface area (TPSA) is 62.4 Å². The Hall–Kier alpha value is -2.14. The number of hydrogen-bond acceptors (Lipinski definition) is 4. The van der Waals surface area contributed by atoms with Crippen molar-refractivity contribution >= 4 is 28.7 Å². The van der Waals surface area contributed by atoms with E-state index < -0.39 is 0 Å². The van der Waals surface area contributed by atoms with Gasteiger partial charge in [0.25, 0.3) is 0 Å². The Morgan fingerprint density at radius 3 is 2.62 bits per heavy atom. The molecule has 110 valence electrons. The quantitative estimate of drug-likeness (QED) is 0.849. The average molecular weight is 301 g/mol. The lowest BCUT2D eigenvalue weighted by molar-refractivity contribution is 0.475. The largest absolute Gasteiger partial charge is 0.508 e. The molecule has 1 heterocycles. The number of rotatable bonds is 4. The van der Waals surface area contributed by atoms with Crippen LogP contribution in [0.2, 0.25) is 0 Å². The molecule has 0 amide bonds. The van der Waals surface area contributed by atoms with Gasteiger partial charge in [-0.25, -0.2) is 4.98 Å². The number of anilines is 2. The number of phenolic OH excluding ortho intramolecular Hbond substituents is 1. The first-order valence-corrected chi connectivity index (χ1v) is 7.19. The van der Waals surface area contributed by atoms with Crippen LogP contribution in [0.1, 0.15) is 23.6 Å². The highest BCUT2D eigenvalue weighted by Gasteiger charge is 2.18. The Bertz CT molecular complexity index is 685. The molecule has 0 aliphatic carbocycles. The van der Waals surface area contributed by atoms with Crippen molar-refractivity contribution in [2.45, 2.75) is 20.8 Å². The third-order valence-electron chi connectivity index (χ3n) is 3.44. The SMILES string of the molecule is CCN(c1cc(O)ccc1C)c1nccc(C)c1C(N)=S. The van der Waals surface area contributed by atoms with Gasteiger partial charge in [-0.2, -0.15) is 0 Å². The predicted octanol–water partition coefficient (Wildman–Crippen LogP) is 3.20.